The van der Waals surface area contributed by atoms with E-state index in [9.17, 15) is 5.11 Å². The molecule has 2 rings (SSSR count). The summed E-state index contributed by atoms with van der Waals surface area (Å²) in [5, 5.41) is 10.2. The van der Waals surface area contributed by atoms with Gasteiger partial charge in [0.1, 0.15) is 0 Å². The highest BCUT2D eigenvalue weighted by atomic mass is 16.3. The van der Waals surface area contributed by atoms with Gasteiger partial charge >= 0.3 is 0 Å². The zero-order chi connectivity index (χ0) is 13.9. The number of anilines is 1. The van der Waals surface area contributed by atoms with Gasteiger partial charge in [-0.2, -0.15) is 0 Å². The average Bonchev–Trinajstić information content (AvgIpc) is 2.47. The van der Waals surface area contributed by atoms with Gasteiger partial charge in [0.25, 0.3) is 0 Å². The molecular formula is C17H27NO. The summed E-state index contributed by atoms with van der Waals surface area (Å²) in [5.41, 5.74) is 2.83. The number of piperidine rings is 1. The van der Waals surface area contributed by atoms with Gasteiger partial charge in [-0.3, -0.25) is 0 Å². The number of aliphatic hydroxyl groups excluding tert-OH is 1. The molecule has 1 heterocycles. The van der Waals surface area contributed by atoms with Crippen molar-refractivity contribution in [1.82, 2.24) is 0 Å². The third-order valence-corrected chi connectivity index (χ3v) is 4.85. The predicted molar refractivity (Wildman–Crippen MR) is 81.5 cm³/mol. The zero-order valence-corrected chi connectivity index (χ0v) is 12.5. The smallest absolute Gasteiger partial charge is 0.0807 e. The van der Waals surface area contributed by atoms with E-state index in [-0.39, 0.29) is 6.10 Å². The van der Waals surface area contributed by atoms with E-state index < -0.39 is 0 Å². The van der Waals surface area contributed by atoms with Crippen LogP contribution in [0.2, 0.25) is 0 Å². The largest absolute Gasteiger partial charge is 0.388 e. The second kappa shape index (κ2) is 5.96. The molecular weight excluding hydrogens is 234 g/mol. The average molecular weight is 261 g/mol. The topological polar surface area (TPSA) is 23.5 Å². The Morgan fingerprint density at radius 3 is 2.42 bits per heavy atom. The molecule has 0 saturated carbocycles. The normalized spacial score (nSPS) is 20.3. The Balaban J connectivity index is 2.15. The van der Waals surface area contributed by atoms with E-state index in [1.165, 1.54) is 24.9 Å². The van der Waals surface area contributed by atoms with Crippen LogP contribution >= 0.6 is 0 Å². The van der Waals surface area contributed by atoms with Gasteiger partial charge in [-0.25, -0.2) is 0 Å². The minimum absolute atomic E-state index is 0.337. The first kappa shape index (κ1) is 14.4. The van der Waals surface area contributed by atoms with Gasteiger partial charge in [0.05, 0.1) is 6.10 Å². The Hall–Kier alpha value is -1.02. The molecule has 2 heteroatoms. The first-order valence-electron chi connectivity index (χ1n) is 7.61. The van der Waals surface area contributed by atoms with Gasteiger partial charge in [0.15, 0.2) is 0 Å². The quantitative estimate of drug-likeness (QED) is 0.880. The fraction of sp³-hybridized carbons (Fsp3) is 0.647. The van der Waals surface area contributed by atoms with E-state index in [1.54, 1.807) is 0 Å². The number of rotatable bonds is 4. The molecule has 106 valence electrons. The number of nitrogens with zero attached hydrogens (tertiary/aromatic N) is 1. The summed E-state index contributed by atoms with van der Waals surface area (Å²) in [6.45, 7) is 8.95. The molecule has 1 aliphatic rings. The van der Waals surface area contributed by atoms with Crippen molar-refractivity contribution in [3.63, 3.8) is 0 Å². The van der Waals surface area contributed by atoms with Crippen molar-refractivity contribution in [3.8, 4) is 0 Å². The highest BCUT2D eigenvalue weighted by Crippen LogP contribution is 2.37. The number of hydrogen-bond acceptors (Lipinski definition) is 2. The lowest BCUT2D eigenvalue weighted by atomic mass is 9.78. The molecule has 0 aromatic heterocycles. The van der Waals surface area contributed by atoms with E-state index in [2.05, 4.69) is 36.9 Å². The van der Waals surface area contributed by atoms with Crippen molar-refractivity contribution in [1.29, 1.82) is 0 Å². The molecule has 0 aliphatic carbocycles. The van der Waals surface area contributed by atoms with Crippen LogP contribution in [0.1, 0.15) is 58.1 Å². The Bertz CT molecular complexity index is 407. The number of aliphatic hydroxyl groups is 1. The highest BCUT2D eigenvalue weighted by Gasteiger charge is 2.29. The minimum atomic E-state index is -0.337. The Labute approximate surface area is 117 Å². The molecule has 1 N–H and O–H groups in total. The minimum Gasteiger partial charge on any atom is -0.388 e. The maximum absolute atomic E-state index is 10.2. The molecule has 1 unspecified atom stereocenters. The molecule has 1 aromatic rings. The predicted octanol–water partition coefficient (Wildman–Crippen LogP) is 4.15. The van der Waals surface area contributed by atoms with Crippen LogP contribution in [0, 0.1) is 5.41 Å². The summed E-state index contributed by atoms with van der Waals surface area (Å²) in [6, 6.07) is 8.33. The van der Waals surface area contributed by atoms with Crippen molar-refractivity contribution in [2.45, 2.75) is 52.6 Å². The number of benzene rings is 1. The third kappa shape index (κ3) is 3.11. The standard InChI is InChI=1S/C17H27NO/c1-4-16(19)14-8-6-7-9-15(14)18-12-10-17(3,5-2)11-13-18/h6-9,16,19H,4-5,10-13H2,1-3H3. The highest BCUT2D eigenvalue weighted by molar-refractivity contribution is 5.55. The molecule has 1 atom stereocenters. The number of para-hydroxylation sites is 1. The Kier molecular flexibility index (Phi) is 4.51. The second-order valence-corrected chi connectivity index (χ2v) is 6.13. The molecule has 0 radical (unpaired) electrons. The summed E-state index contributed by atoms with van der Waals surface area (Å²) < 4.78 is 0. The van der Waals surface area contributed by atoms with E-state index in [4.69, 9.17) is 0 Å². The van der Waals surface area contributed by atoms with E-state index in [0.717, 1.165) is 25.1 Å². The van der Waals surface area contributed by atoms with E-state index in [0.29, 0.717) is 5.41 Å². The van der Waals surface area contributed by atoms with Crippen molar-refractivity contribution >= 4 is 5.69 Å². The molecule has 2 nitrogen and oxygen atoms in total. The van der Waals surface area contributed by atoms with Gasteiger partial charge in [-0.1, -0.05) is 45.4 Å². The molecule has 1 aromatic carbocycles. The van der Waals surface area contributed by atoms with Gasteiger partial charge in [-0.15, -0.1) is 0 Å². The summed E-state index contributed by atoms with van der Waals surface area (Å²) in [4.78, 5) is 2.45. The van der Waals surface area contributed by atoms with Crippen molar-refractivity contribution in [2.75, 3.05) is 18.0 Å². The lowest BCUT2D eigenvalue weighted by molar-refractivity contribution is 0.173. The molecule has 1 aliphatic heterocycles. The first-order chi connectivity index (χ1) is 9.09. The summed E-state index contributed by atoms with van der Waals surface area (Å²) in [5.74, 6) is 0. The van der Waals surface area contributed by atoms with Crippen LogP contribution in [0.3, 0.4) is 0 Å². The molecule has 1 saturated heterocycles. The van der Waals surface area contributed by atoms with Gasteiger partial charge in [-0.05, 0) is 30.7 Å². The SMILES string of the molecule is CCC(O)c1ccccc1N1CCC(C)(CC)CC1. The van der Waals surface area contributed by atoms with Crippen LogP contribution in [0.25, 0.3) is 0 Å². The molecule has 19 heavy (non-hydrogen) atoms. The Morgan fingerprint density at radius 1 is 1.21 bits per heavy atom. The van der Waals surface area contributed by atoms with Crippen LogP contribution in [0.4, 0.5) is 5.69 Å². The fourth-order valence-electron chi connectivity index (χ4n) is 2.92. The lowest BCUT2D eigenvalue weighted by Crippen LogP contribution is -2.39. The zero-order valence-electron chi connectivity index (χ0n) is 12.5. The van der Waals surface area contributed by atoms with Gasteiger partial charge in [0.2, 0.25) is 0 Å². The third-order valence-electron chi connectivity index (χ3n) is 4.85. The van der Waals surface area contributed by atoms with Crippen LogP contribution in [0.15, 0.2) is 24.3 Å². The lowest BCUT2D eigenvalue weighted by Gasteiger charge is -2.41. The molecule has 0 bridgehead atoms. The molecule has 0 amide bonds. The first-order valence-corrected chi connectivity index (χ1v) is 7.61. The van der Waals surface area contributed by atoms with Crippen molar-refractivity contribution < 1.29 is 5.11 Å². The second-order valence-electron chi connectivity index (χ2n) is 6.13. The van der Waals surface area contributed by atoms with Gasteiger partial charge in [0, 0.05) is 24.3 Å². The van der Waals surface area contributed by atoms with Gasteiger partial charge < -0.3 is 10.0 Å². The van der Waals surface area contributed by atoms with Crippen molar-refractivity contribution in [2.24, 2.45) is 5.41 Å². The van der Waals surface area contributed by atoms with Crippen LogP contribution in [0.5, 0.6) is 0 Å². The fourth-order valence-corrected chi connectivity index (χ4v) is 2.92. The van der Waals surface area contributed by atoms with Crippen LogP contribution in [-0.2, 0) is 0 Å². The van der Waals surface area contributed by atoms with E-state index in [1.807, 2.05) is 13.0 Å². The van der Waals surface area contributed by atoms with Crippen LogP contribution < -0.4 is 4.90 Å². The number of hydrogen-bond donors (Lipinski definition) is 1. The Morgan fingerprint density at radius 2 is 1.84 bits per heavy atom. The summed E-state index contributed by atoms with van der Waals surface area (Å²) in [7, 11) is 0. The maximum Gasteiger partial charge on any atom is 0.0807 e. The summed E-state index contributed by atoms with van der Waals surface area (Å²) in [6.07, 6.45) is 4.20. The van der Waals surface area contributed by atoms with Crippen molar-refractivity contribution in [3.05, 3.63) is 29.8 Å². The van der Waals surface area contributed by atoms with Crippen LogP contribution in [-0.4, -0.2) is 18.2 Å². The maximum atomic E-state index is 10.2. The van der Waals surface area contributed by atoms with E-state index >= 15 is 0 Å². The monoisotopic (exact) mass is 261 g/mol. The summed E-state index contributed by atoms with van der Waals surface area (Å²) >= 11 is 0. The molecule has 1 fully saturated rings. The molecule has 0 spiro atoms.